The smallest absolute Gasteiger partial charge is 0.0620 e. The summed E-state index contributed by atoms with van der Waals surface area (Å²) in [5, 5.41) is 7.88. The van der Waals surface area contributed by atoms with Gasteiger partial charge in [0.25, 0.3) is 0 Å². The van der Waals surface area contributed by atoms with Gasteiger partial charge in [-0.3, -0.25) is 0 Å². The molecule has 13 aromatic rings. The molecule has 0 amide bonds. The van der Waals surface area contributed by atoms with Crippen molar-refractivity contribution in [3.8, 4) is 44.5 Å². The third-order valence-electron chi connectivity index (χ3n) is 13.6. The molecule has 3 aromatic heterocycles. The maximum atomic E-state index is 2.47. The first-order valence-corrected chi connectivity index (χ1v) is 23.2. The lowest BCUT2D eigenvalue weighted by Gasteiger charge is -2.27. The highest BCUT2D eigenvalue weighted by Crippen LogP contribution is 2.45. The Labute approximate surface area is 381 Å². The van der Waals surface area contributed by atoms with Gasteiger partial charge in [-0.2, -0.15) is 0 Å². The van der Waals surface area contributed by atoms with E-state index >= 15 is 0 Å². The van der Waals surface area contributed by atoms with Crippen molar-refractivity contribution >= 4 is 86.7 Å². The van der Waals surface area contributed by atoms with Gasteiger partial charge in [0.2, 0.25) is 0 Å². The highest BCUT2D eigenvalue weighted by Gasteiger charge is 2.21. The Morgan fingerprint density at radius 3 is 1.69 bits per heavy atom. The van der Waals surface area contributed by atoms with Crippen molar-refractivity contribution in [3.05, 3.63) is 230 Å². The van der Waals surface area contributed by atoms with Gasteiger partial charge in [0.05, 0.1) is 16.6 Å². The third-order valence-corrected chi connectivity index (χ3v) is 14.8. The van der Waals surface area contributed by atoms with E-state index in [9.17, 15) is 0 Å². The summed E-state index contributed by atoms with van der Waals surface area (Å²) in [5.74, 6) is 0. The molecule has 0 unspecified atom stereocenters. The molecule has 65 heavy (non-hydrogen) atoms. The number of para-hydroxylation sites is 2. The summed E-state index contributed by atoms with van der Waals surface area (Å²) in [7, 11) is 0. The molecule has 13 rings (SSSR count). The summed E-state index contributed by atoms with van der Waals surface area (Å²) in [6, 6.07) is 80.5. The Kier molecular flexibility index (Phi) is 8.56. The van der Waals surface area contributed by atoms with Gasteiger partial charge in [0.15, 0.2) is 0 Å². The Hall–Kier alpha value is -7.98. The average molecular weight is 847 g/mol. The number of fused-ring (bicyclic) bond motifs is 9. The maximum absolute atomic E-state index is 2.47. The van der Waals surface area contributed by atoms with Crippen LogP contribution in [-0.2, 0) is 0 Å². The Bertz CT molecular complexity index is 3950. The zero-order valence-electron chi connectivity index (χ0n) is 36.1. The predicted molar refractivity (Wildman–Crippen MR) is 280 cm³/mol. The second-order valence-corrected chi connectivity index (χ2v) is 18.4. The van der Waals surface area contributed by atoms with Crippen molar-refractivity contribution in [3.63, 3.8) is 0 Å². The van der Waals surface area contributed by atoms with Gasteiger partial charge in [0.1, 0.15) is 0 Å². The molecular formula is C62H42N2S. The van der Waals surface area contributed by atoms with Crippen molar-refractivity contribution in [2.24, 2.45) is 0 Å². The second kappa shape index (κ2) is 14.8. The first kappa shape index (κ1) is 37.6. The fraction of sp³-hybridized carbons (Fsp3) is 0.0323. The van der Waals surface area contributed by atoms with Crippen LogP contribution in [0.4, 0.5) is 17.1 Å². The molecule has 0 spiro atoms. The van der Waals surface area contributed by atoms with Crippen LogP contribution in [-0.4, -0.2) is 4.40 Å². The van der Waals surface area contributed by atoms with E-state index in [1.807, 2.05) is 11.3 Å². The number of hydrogen-bond acceptors (Lipinski definition) is 2. The Morgan fingerprint density at radius 2 is 0.908 bits per heavy atom. The van der Waals surface area contributed by atoms with E-state index in [0.717, 1.165) is 17.1 Å². The van der Waals surface area contributed by atoms with Crippen LogP contribution in [0.25, 0.3) is 103 Å². The zero-order chi connectivity index (χ0) is 43.2. The molecule has 0 aliphatic heterocycles. The van der Waals surface area contributed by atoms with Gasteiger partial charge in [-0.1, -0.05) is 164 Å². The van der Waals surface area contributed by atoms with Crippen LogP contribution in [0.5, 0.6) is 0 Å². The first-order valence-electron chi connectivity index (χ1n) is 22.4. The predicted octanol–water partition coefficient (Wildman–Crippen LogP) is 18.0. The van der Waals surface area contributed by atoms with Gasteiger partial charge in [-0.25, -0.2) is 0 Å². The number of anilines is 3. The van der Waals surface area contributed by atoms with Gasteiger partial charge in [-0.15, -0.1) is 11.3 Å². The third kappa shape index (κ3) is 5.93. The van der Waals surface area contributed by atoms with Gasteiger partial charge < -0.3 is 9.30 Å². The fourth-order valence-electron chi connectivity index (χ4n) is 10.6. The van der Waals surface area contributed by atoms with Crippen molar-refractivity contribution in [1.29, 1.82) is 0 Å². The van der Waals surface area contributed by atoms with E-state index in [0.29, 0.717) is 0 Å². The van der Waals surface area contributed by atoms with Crippen molar-refractivity contribution < 1.29 is 0 Å². The largest absolute Gasteiger partial charge is 0.310 e. The van der Waals surface area contributed by atoms with E-state index in [-0.39, 0.29) is 0 Å². The number of nitrogens with zero attached hydrogens (tertiary/aromatic N) is 2. The summed E-state index contributed by atoms with van der Waals surface area (Å²) in [6.45, 7) is 4.51. The number of aromatic nitrogens is 1. The minimum absolute atomic E-state index is 1.11. The van der Waals surface area contributed by atoms with Crippen LogP contribution in [0.1, 0.15) is 11.1 Å². The summed E-state index contributed by atoms with van der Waals surface area (Å²) < 4.78 is 5.12. The standard InChI is InChI=1S/C62H42N2S/c1-39-37-44(50-17-12-23-58-60(50)56-21-11-19-54-52-15-6-8-22-57(52)64(58)61(54)56)29-35-48(39)49-36-34-47(38-40(49)2)63(45-30-25-42(26-31-45)41-13-4-3-5-14-41)46-32-27-43(28-33-46)51-18-10-20-55-53-16-7-9-24-59(53)65-62(51)55/h3-38H,1-2H3. The Morgan fingerprint density at radius 1 is 0.354 bits per heavy atom. The molecule has 0 aliphatic rings. The Balaban J connectivity index is 0.880. The molecule has 0 aliphatic carbocycles. The minimum Gasteiger partial charge on any atom is -0.310 e. The van der Waals surface area contributed by atoms with Crippen LogP contribution in [0, 0.1) is 13.8 Å². The van der Waals surface area contributed by atoms with Gasteiger partial charge in [-0.05, 0) is 124 Å². The van der Waals surface area contributed by atoms with Crippen LogP contribution < -0.4 is 4.90 Å². The molecule has 10 aromatic carbocycles. The lowest BCUT2D eigenvalue weighted by molar-refractivity contribution is 1.27. The van der Waals surface area contributed by atoms with E-state index in [4.69, 9.17) is 0 Å². The molecule has 0 bridgehead atoms. The molecule has 0 fully saturated rings. The minimum atomic E-state index is 1.11. The van der Waals surface area contributed by atoms with Crippen LogP contribution in [0.3, 0.4) is 0 Å². The molecular weight excluding hydrogens is 805 g/mol. The van der Waals surface area contributed by atoms with Crippen molar-refractivity contribution in [2.45, 2.75) is 13.8 Å². The molecule has 3 heterocycles. The number of rotatable bonds is 7. The number of aryl methyl sites for hydroxylation is 2. The monoisotopic (exact) mass is 846 g/mol. The summed E-state index contributed by atoms with van der Waals surface area (Å²) >= 11 is 1.88. The average Bonchev–Trinajstić information content (AvgIpc) is 4.03. The lowest BCUT2D eigenvalue weighted by atomic mass is 9.91. The van der Waals surface area contributed by atoms with E-state index < -0.39 is 0 Å². The molecule has 0 saturated carbocycles. The van der Waals surface area contributed by atoms with Crippen LogP contribution >= 0.6 is 11.3 Å². The van der Waals surface area contributed by atoms with E-state index in [2.05, 4.69) is 242 Å². The van der Waals surface area contributed by atoms with Crippen LogP contribution in [0.2, 0.25) is 0 Å². The molecule has 306 valence electrons. The molecule has 0 saturated heterocycles. The first-order chi connectivity index (χ1) is 32.1. The van der Waals surface area contributed by atoms with E-state index in [1.54, 1.807) is 0 Å². The molecule has 2 nitrogen and oxygen atoms in total. The molecule has 3 heteroatoms. The van der Waals surface area contributed by atoms with Gasteiger partial charge in [0, 0.05) is 58.8 Å². The fourth-order valence-corrected chi connectivity index (χ4v) is 11.8. The van der Waals surface area contributed by atoms with Crippen LogP contribution in [0.15, 0.2) is 218 Å². The van der Waals surface area contributed by atoms with E-state index in [1.165, 1.54) is 114 Å². The summed E-state index contributed by atoms with van der Waals surface area (Å²) in [6.07, 6.45) is 0. The normalized spacial score (nSPS) is 11.8. The molecule has 0 N–H and O–H groups in total. The maximum Gasteiger partial charge on any atom is 0.0620 e. The summed E-state index contributed by atoms with van der Waals surface area (Å²) in [4.78, 5) is 2.39. The quantitative estimate of drug-likeness (QED) is 0.155. The molecule has 0 atom stereocenters. The highest BCUT2D eigenvalue weighted by atomic mass is 32.1. The van der Waals surface area contributed by atoms with Gasteiger partial charge >= 0.3 is 0 Å². The second-order valence-electron chi connectivity index (χ2n) is 17.4. The SMILES string of the molecule is Cc1cc(-c2cccc3c2c2cccc4c5ccccc5n3c42)ccc1-c1ccc(N(c2ccc(-c3ccccc3)cc2)c2ccc(-c3cccc4c3sc3ccccc34)cc2)cc1C. The number of benzene rings is 10. The number of thiophene rings is 1. The number of hydrogen-bond donors (Lipinski definition) is 0. The highest BCUT2D eigenvalue weighted by molar-refractivity contribution is 7.26. The summed E-state index contributed by atoms with van der Waals surface area (Å²) in [5.41, 5.74) is 19.6. The molecule has 0 radical (unpaired) electrons. The lowest BCUT2D eigenvalue weighted by Crippen LogP contribution is -2.10. The van der Waals surface area contributed by atoms with Crippen molar-refractivity contribution in [2.75, 3.05) is 4.90 Å². The zero-order valence-corrected chi connectivity index (χ0v) is 36.9. The van der Waals surface area contributed by atoms with Crippen molar-refractivity contribution in [1.82, 2.24) is 4.40 Å². The topological polar surface area (TPSA) is 7.65 Å².